The first-order valence-electron chi connectivity index (χ1n) is 6.66. The molecule has 2 N–H and O–H groups in total. The highest BCUT2D eigenvalue weighted by molar-refractivity contribution is 7.11. The van der Waals surface area contributed by atoms with E-state index in [4.69, 9.17) is 0 Å². The van der Waals surface area contributed by atoms with Gasteiger partial charge in [-0.05, 0) is 26.2 Å². The molecule has 1 aliphatic carbocycles. The average molecular weight is 267 g/mol. The number of carbonyl (C=O) groups excluding carboxylic acids is 1. The van der Waals surface area contributed by atoms with E-state index in [2.05, 4.69) is 29.5 Å². The molecule has 1 aromatic heterocycles. The van der Waals surface area contributed by atoms with Gasteiger partial charge in [-0.15, -0.1) is 11.3 Å². The SMILES string of the molecule is CCc1cnc(C(C)NCCC(=O)NC2CC2)s1. The molecule has 0 spiro atoms. The van der Waals surface area contributed by atoms with Crippen LogP contribution < -0.4 is 10.6 Å². The molecule has 0 aromatic carbocycles. The van der Waals surface area contributed by atoms with E-state index in [1.54, 1.807) is 11.3 Å². The second kappa shape index (κ2) is 6.29. The van der Waals surface area contributed by atoms with Crippen LogP contribution in [0, 0.1) is 0 Å². The quantitative estimate of drug-likeness (QED) is 0.795. The van der Waals surface area contributed by atoms with Gasteiger partial charge in [-0.3, -0.25) is 4.79 Å². The molecular formula is C13H21N3OS. The Kier molecular flexibility index (Phi) is 4.72. The molecule has 1 aromatic rings. The van der Waals surface area contributed by atoms with Crippen LogP contribution in [0.2, 0.25) is 0 Å². The van der Waals surface area contributed by atoms with Gasteiger partial charge in [0.25, 0.3) is 0 Å². The number of carbonyl (C=O) groups is 1. The first kappa shape index (κ1) is 13.5. The number of aryl methyl sites for hydroxylation is 1. The largest absolute Gasteiger partial charge is 0.353 e. The van der Waals surface area contributed by atoms with Gasteiger partial charge in [-0.25, -0.2) is 4.98 Å². The zero-order valence-corrected chi connectivity index (χ0v) is 11.8. The maximum Gasteiger partial charge on any atom is 0.221 e. The molecule has 1 fully saturated rings. The van der Waals surface area contributed by atoms with Crippen molar-refractivity contribution in [2.24, 2.45) is 0 Å². The summed E-state index contributed by atoms with van der Waals surface area (Å²) in [4.78, 5) is 17.2. The number of nitrogens with one attached hydrogen (secondary N) is 2. The van der Waals surface area contributed by atoms with Gasteiger partial charge in [0.2, 0.25) is 5.91 Å². The molecular weight excluding hydrogens is 246 g/mol. The van der Waals surface area contributed by atoms with E-state index in [0.717, 1.165) is 24.3 Å². The van der Waals surface area contributed by atoms with Crippen LogP contribution in [0.5, 0.6) is 0 Å². The zero-order valence-electron chi connectivity index (χ0n) is 11.0. The van der Waals surface area contributed by atoms with Gasteiger partial charge < -0.3 is 10.6 Å². The zero-order chi connectivity index (χ0) is 13.0. The Hall–Kier alpha value is -0.940. The van der Waals surface area contributed by atoms with Crippen molar-refractivity contribution in [2.45, 2.75) is 51.6 Å². The molecule has 0 radical (unpaired) electrons. The first-order valence-corrected chi connectivity index (χ1v) is 7.48. The molecule has 1 aliphatic rings. The van der Waals surface area contributed by atoms with Crippen LogP contribution in [0.25, 0.3) is 0 Å². The molecule has 1 saturated carbocycles. The third-order valence-corrected chi connectivity index (χ3v) is 4.36. The monoisotopic (exact) mass is 267 g/mol. The maximum absolute atomic E-state index is 11.5. The van der Waals surface area contributed by atoms with Crippen LogP contribution in [0.1, 0.15) is 49.0 Å². The van der Waals surface area contributed by atoms with Crippen LogP contribution in [-0.2, 0) is 11.2 Å². The van der Waals surface area contributed by atoms with Crippen LogP contribution >= 0.6 is 11.3 Å². The van der Waals surface area contributed by atoms with Crippen LogP contribution in [0.4, 0.5) is 0 Å². The lowest BCUT2D eigenvalue weighted by molar-refractivity contribution is -0.121. The summed E-state index contributed by atoms with van der Waals surface area (Å²) < 4.78 is 0. The van der Waals surface area contributed by atoms with Gasteiger partial charge in [0.1, 0.15) is 5.01 Å². The predicted molar refractivity (Wildman–Crippen MR) is 73.7 cm³/mol. The number of hydrogen-bond donors (Lipinski definition) is 2. The molecule has 1 amide bonds. The molecule has 4 nitrogen and oxygen atoms in total. The lowest BCUT2D eigenvalue weighted by Crippen LogP contribution is -2.30. The van der Waals surface area contributed by atoms with E-state index in [-0.39, 0.29) is 11.9 Å². The van der Waals surface area contributed by atoms with Crippen molar-refractivity contribution in [3.63, 3.8) is 0 Å². The smallest absolute Gasteiger partial charge is 0.221 e. The summed E-state index contributed by atoms with van der Waals surface area (Å²) in [5, 5.41) is 7.44. The number of aromatic nitrogens is 1. The van der Waals surface area contributed by atoms with Gasteiger partial charge in [-0.1, -0.05) is 6.92 Å². The second-order valence-electron chi connectivity index (χ2n) is 4.79. The highest BCUT2D eigenvalue weighted by Gasteiger charge is 2.22. The Balaban J connectivity index is 1.67. The average Bonchev–Trinajstić information content (AvgIpc) is 3.03. The maximum atomic E-state index is 11.5. The lowest BCUT2D eigenvalue weighted by Gasteiger charge is -2.10. The Morgan fingerprint density at radius 1 is 1.61 bits per heavy atom. The van der Waals surface area contributed by atoms with E-state index < -0.39 is 0 Å². The molecule has 2 rings (SSSR count). The molecule has 1 unspecified atom stereocenters. The summed E-state index contributed by atoms with van der Waals surface area (Å²) in [6, 6.07) is 0.685. The lowest BCUT2D eigenvalue weighted by atomic mass is 10.3. The first-order chi connectivity index (χ1) is 8.69. The molecule has 1 heterocycles. The van der Waals surface area contributed by atoms with Crippen molar-refractivity contribution in [1.29, 1.82) is 0 Å². The number of thiazole rings is 1. The van der Waals surface area contributed by atoms with Crippen molar-refractivity contribution in [3.05, 3.63) is 16.1 Å². The van der Waals surface area contributed by atoms with Crippen LogP contribution in [-0.4, -0.2) is 23.5 Å². The Bertz CT molecular complexity index is 401. The van der Waals surface area contributed by atoms with Gasteiger partial charge >= 0.3 is 0 Å². The highest BCUT2D eigenvalue weighted by atomic mass is 32.1. The number of hydrogen-bond acceptors (Lipinski definition) is 4. The molecule has 18 heavy (non-hydrogen) atoms. The highest BCUT2D eigenvalue weighted by Crippen LogP contribution is 2.20. The van der Waals surface area contributed by atoms with Gasteiger partial charge in [0, 0.05) is 30.1 Å². The number of amides is 1. The van der Waals surface area contributed by atoms with Gasteiger partial charge in [-0.2, -0.15) is 0 Å². The van der Waals surface area contributed by atoms with Crippen molar-refractivity contribution in [2.75, 3.05) is 6.54 Å². The summed E-state index contributed by atoms with van der Waals surface area (Å²) >= 11 is 1.75. The summed E-state index contributed by atoms with van der Waals surface area (Å²) in [6.45, 7) is 4.94. The minimum Gasteiger partial charge on any atom is -0.353 e. The van der Waals surface area contributed by atoms with E-state index >= 15 is 0 Å². The van der Waals surface area contributed by atoms with Crippen LogP contribution in [0.3, 0.4) is 0 Å². The molecule has 0 saturated heterocycles. The molecule has 0 bridgehead atoms. The topological polar surface area (TPSA) is 54.0 Å². The predicted octanol–water partition coefficient (Wildman–Crippen LogP) is 2.02. The molecule has 100 valence electrons. The Morgan fingerprint density at radius 2 is 2.39 bits per heavy atom. The van der Waals surface area contributed by atoms with Crippen molar-refractivity contribution >= 4 is 17.2 Å². The minimum absolute atomic E-state index is 0.158. The van der Waals surface area contributed by atoms with E-state index in [1.807, 2.05) is 6.20 Å². The fourth-order valence-corrected chi connectivity index (χ4v) is 2.59. The number of rotatable bonds is 7. The molecule has 0 aliphatic heterocycles. The van der Waals surface area contributed by atoms with E-state index in [0.29, 0.717) is 19.0 Å². The van der Waals surface area contributed by atoms with Crippen molar-refractivity contribution in [3.8, 4) is 0 Å². The van der Waals surface area contributed by atoms with Crippen molar-refractivity contribution < 1.29 is 4.79 Å². The standard InChI is InChI=1S/C13H21N3OS/c1-3-11-8-15-13(18-11)9(2)14-7-6-12(17)16-10-4-5-10/h8-10,14H,3-7H2,1-2H3,(H,16,17). The molecule has 5 heteroatoms. The summed E-state index contributed by atoms with van der Waals surface area (Å²) in [5.74, 6) is 0.158. The summed E-state index contributed by atoms with van der Waals surface area (Å²) in [7, 11) is 0. The Morgan fingerprint density at radius 3 is 3.00 bits per heavy atom. The fraction of sp³-hybridized carbons (Fsp3) is 0.692. The summed E-state index contributed by atoms with van der Waals surface area (Å²) in [6.07, 6.45) is 5.82. The normalized spacial score (nSPS) is 16.6. The fourth-order valence-electron chi connectivity index (χ4n) is 1.70. The third kappa shape index (κ3) is 4.07. The van der Waals surface area contributed by atoms with E-state index in [9.17, 15) is 4.79 Å². The molecule has 1 atom stereocenters. The summed E-state index contributed by atoms with van der Waals surface area (Å²) in [5.41, 5.74) is 0. The Labute approximate surface area is 112 Å². The second-order valence-corrected chi connectivity index (χ2v) is 5.93. The van der Waals surface area contributed by atoms with Gasteiger partial charge in [0.05, 0.1) is 6.04 Å². The van der Waals surface area contributed by atoms with Gasteiger partial charge in [0.15, 0.2) is 0 Å². The van der Waals surface area contributed by atoms with E-state index in [1.165, 1.54) is 4.88 Å². The van der Waals surface area contributed by atoms with Crippen molar-refractivity contribution in [1.82, 2.24) is 15.6 Å². The van der Waals surface area contributed by atoms with Crippen LogP contribution in [0.15, 0.2) is 6.20 Å². The minimum atomic E-state index is 0.158. The number of nitrogens with zero attached hydrogens (tertiary/aromatic N) is 1. The third-order valence-electron chi connectivity index (χ3n) is 3.04.